The highest BCUT2D eigenvalue weighted by Gasteiger charge is 2.12. The van der Waals surface area contributed by atoms with Gasteiger partial charge in [-0.3, -0.25) is 14.5 Å². The molecule has 2 aromatic carbocycles. The number of anilines is 1. The summed E-state index contributed by atoms with van der Waals surface area (Å²) in [5.41, 5.74) is 4.17. The Balaban J connectivity index is 1.66. The molecule has 28 heavy (non-hydrogen) atoms. The summed E-state index contributed by atoms with van der Waals surface area (Å²) in [5, 5.41) is 10.0. The van der Waals surface area contributed by atoms with Crippen molar-refractivity contribution in [3.8, 4) is 11.4 Å². The minimum absolute atomic E-state index is 0.108. The lowest BCUT2D eigenvalue weighted by Crippen LogP contribution is -2.19. The van der Waals surface area contributed by atoms with E-state index < -0.39 is 0 Å². The summed E-state index contributed by atoms with van der Waals surface area (Å²) in [6, 6.07) is 16.0. The molecule has 0 spiro atoms. The lowest BCUT2D eigenvalue weighted by molar-refractivity contribution is -0.116. The molecule has 3 aromatic rings. The standard InChI is InChI=1S/C22H26N4OS/c1-3-4-5-6-17-9-13-19(14-10-17)23-20(27)15-26-21(24-25-22(26)28)18-11-7-16(2)8-12-18/h7-14H,3-6,15H2,1-2H3,(H,23,27)(H,25,28). The summed E-state index contributed by atoms with van der Waals surface area (Å²) in [5.74, 6) is 0.524. The van der Waals surface area contributed by atoms with Gasteiger partial charge in [-0.1, -0.05) is 61.7 Å². The number of nitrogens with one attached hydrogen (secondary N) is 2. The third-order valence-corrected chi connectivity index (χ3v) is 4.99. The van der Waals surface area contributed by atoms with Crippen LogP contribution in [0.2, 0.25) is 0 Å². The molecule has 1 amide bonds. The fraction of sp³-hybridized carbons (Fsp3) is 0.318. The van der Waals surface area contributed by atoms with Crippen LogP contribution in [0.3, 0.4) is 0 Å². The predicted octanol–water partition coefficient (Wildman–Crippen LogP) is 5.29. The van der Waals surface area contributed by atoms with Crippen LogP contribution < -0.4 is 5.32 Å². The number of unbranched alkanes of at least 4 members (excludes halogenated alkanes) is 2. The molecular formula is C22H26N4OS. The molecule has 0 aliphatic carbocycles. The van der Waals surface area contributed by atoms with Crippen LogP contribution in [0.1, 0.15) is 37.3 Å². The van der Waals surface area contributed by atoms with Gasteiger partial charge in [0.05, 0.1) is 0 Å². The number of carbonyl (C=O) groups excluding carboxylic acids is 1. The van der Waals surface area contributed by atoms with Crippen molar-refractivity contribution in [1.29, 1.82) is 0 Å². The maximum Gasteiger partial charge on any atom is 0.244 e. The Hall–Kier alpha value is -2.73. The summed E-state index contributed by atoms with van der Waals surface area (Å²) in [7, 11) is 0. The molecule has 0 unspecified atom stereocenters. The highest BCUT2D eigenvalue weighted by molar-refractivity contribution is 7.71. The molecule has 3 rings (SSSR count). The van der Waals surface area contributed by atoms with Crippen LogP contribution in [0.5, 0.6) is 0 Å². The van der Waals surface area contributed by atoms with Crippen LogP contribution in [0, 0.1) is 11.7 Å². The largest absolute Gasteiger partial charge is 0.325 e. The number of rotatable bonds is 8. The van der Waals surface area contributed by atoms with Crippen molar-refractivity contribution in [3.63, 3.8) is 0 Å². The van der Waals surface area contributed by atoms with Crippen molar-refractivity contribution < 1.29 is 4.79 Å². The minimum Gasteiger partial charge on any atom is -0.325 e. The molecular weight excluding hydrogens is 368 g/mol. The molecule has 0 saturated carbocycles. The number of benzene rings is 2. The first-order chi connectivity index (χ1) is 13.6. The van der Waals surface area contributed by atoms with Gasteiger partial charge in [0.2, 0.25) is 5.91 Å². The number of carbonyl (C=O) groups is 1. The van der Waals surface area contributed by atoms with E-state index in [1.54, 1.807) is 4.57 Å². The highest BCUT2D eigenvalue weighted by Crippen LogP contribution is 2.18. The third-order valence-electron chi connectivity index (χ3n) is 4.68. The Bertz CT molecular complexity index is 971. The van der Waals surface area contributed by atoms with E-state index in [0.29, 0.717) is 10.6 Å². The first-order valence-corrected chi connectivity index (χ1v) is 10.1. The van der Waals surface area contributed by atoms with Crippen molar-refractivity contribution in [2.24, 2.45) is 0 Å². The Morgan fingerprint density at radius 1 is 1.11 bits per heavy atom. The van der Waals surface area contributed by atoms with Gasteiger partial charge in [0.15, 0.2) is 10.6 Å². The van der Waals surface area contributed by atoms with Gasteiger partial charge in [0.25, 0.3) is 0 Å². The van der Waals surface area contributed by atoms with Gasteiger partial charge in [0, 0.05) is 11.3 Å². The smallest absolute Gasteiger partial charge is 0.244 e. The van der Waals surface area contributed by atoms with Gasteiger partial charge >= 0.3 is 0 Å². The van der Waals surface area contributed by atoms with Gasteiger partial charge in [0.1, 0.15) is 6.54 Å². The molecule has 0 radical (unpaired) electrons. The summed E-state index contributed by atoms with van der Waals surface area (Å²) >= 11 is 5.31. The zero-order chi connectivity index (χ0) is 19.9. The van der Waals surface area contributed by atoms with Crippen molar-refractivity contribution in [2.75, 3.05) is 5.32 Å². The number of hydrogen-bond donors (Lipinski definition) is 2. The molecule has 0 fully saturated rings. The molecule has 0 aliphatic rings. The van der Waals surface area contributed by atoms with E-state index in [-0.39, 0.29) is 12.5 Å². The second-order valence-electron chi connectivity index (χ2n) is 7.01. The maximum absolute atomic E-state index is 12.5. The van der Waals surface area contributed by atoms with Crippen LogP contribution in [-0.4, -0.2) is 20.7 Å². The van der Waals surface area contributed by atoms with E-state index in [4.69, 9.17) is 12.2 Å². The molecule has 5 nitrogen and oxygen atoms in total. The van der Waals surface area contributed by atoms with E-state index in [1.807, 2.05) is 43.3 Å². The third kappa shape index (κ3) is 5.16. The molecule has 146 valence electrons. The molecule has 0 aliphatic heterocycles. The average molecular weight is 395 g/mol. The Kier molecular flexibility index (Phi) is 6.76. The fourth-order valence-corrected chi connectivity index (χ4v) is 3.26. The normalized spacial score (nSPS) is 10.8. The monoisotopic (exact) mass is 394 g/mol. The predicted molar refractivity (Wildman–Crippen MR) is 116 cm³/mol. The average Bonchev–Trinajstić information content (AvgIpc) is 3.04. The van der Waals surface area contributed by atoms with Crippen LogP contribution in [0.15, 0.2) is 48.5 Å². The number of H-pyrrole nitrogens is 1. The van der Waals surface area contributed by atoms with Crippen LogP contribution in [0.25, 0.3) is 11.4 Å². The molecule has 6 heteroatoms. The van der Waals surface area contributed by atoms with Crippen molar-refractivity contribution in [2.45, 2.75) is 46.1 Å². The van der Waals surface area contributed by atoms with Gasteiger partial charge in [-0.05, 0) is 49.7 Å². The maximum atomic E-state index is 12.5. The van der Waals surface area contributed by atoms with E-state index in [9.17, 15) is 4.79 Å². The zero-order valence-electron chi connectivity index (χ0n) is 16.4. The zero-order valence-corrected chi connectivity index (χ0v) is 17.2. The van der Waals surface area contributed by atoms with E-state index >= 15 is 0 Å². The minimum atomic E-state index is -0.135. The van der Waals surface area contributed by atoms with Gasteiger partial charge < -0.3 is 5.32 Å². The van der Waals surface area contributed by atoms with E-state index in [2.05, 4.69) is 34.6 Å². The van der Waals surface area contributed by atoms with Crippen molar-refractivity contribution in [1.82, 2.24) is 14.8 Å². The van der Waals surface area contributed by atoms with Crippen molar-refractivity contribution in [3.05, 3.63) is 64.4 Å². The molecule has 0 saturated heterocycles. The van der Waals surface area contributed by atoms with Crippen molar-refractivity contribution >= 4 is 23.8 Å². The number of aryl methyl sites for hydroxylation is 2. The van der Waals surface area contributed by atoms with Gasteiger partial charge in [-0.2, -0.15) is 5.10 Å². The van der Waals surface area contributed by atoms with Gasteiger partial charge in [-0.25, -0.2) is 0 Å². The topological polar surface area (TPSA) is 62.7 Å². The Labute approximate surface area is 170 Å². The lowest BCUT2D eigenvalue weighted by atomic mass is 10.1. The van der Waals surface area contributed by atoms with Crippen LogP contribution in [0.4, 0.5) is 5.69 Å². The lowest BCUT2D eigenvalue weighted by Gasteiger charge is -2.09. The molecule has 1 heterocycles. The SMILES string of the molecule is CCCCCc1ccc(NC(=O)Cn2c(-c3ccc(C)cc3)n[nH]c2=S)cc1. The van der Waals surface area contributed by atoms with Crippen LogP contribution >= 0.6 is 12.2 Å². The Morgan fingerprint density at radius 2 is 1.82 bits per heavy atom. The first kappa shape index (κ1) is 20.0. The number of hydrogen-bond acceptors (Lipinski definition) is 3. The van der Waals surface area contributed by atoms with E-state index in [1.165, 1.54) is 30.4 Å². The summed E-state index contributed by atoms with van der Waals surface area (Å²) in [6.07, 6.45) is 4.73. The number of aromatic amines is 1. The summed E-state index contributed by atoms with van der Waals surface area (Å²) in [6.45, 7) is 4.34. The Morgan fingerprint density at radius 3 is 2.50 bits per heavy atom. The van der Waals surface area contributed by atoms with E-state index in [0.717, 1.165) is 17.7 Å². The number of amides is 1. The summed E-state index contributed by atoms with van der Waals surface area (Å²) in [4.78, 5) is 12.5. The van der Waals surface area contributed by atoms with Crippen LogP contribution in [-0.2, 0) is 17.8 Å². The number of aromatic nitrogens is 3. The molecule has 0 atom stereocenters. The first-order valence-electron chi connectivity index (χ1n) is 9.68. The second-order valence-corrected chi connectivity index (χ2v) is 7.39. The quantitative estimate of drug-likeness (QED) is 0.403. The van der Waals surface area contributed by atoms with Gasteiger partial charge in [-0.15, -0.1) is 0 Å². The molecule has 1 aromatic heterocycles. The summed E-state index contributed by atoms with van der Waals surface area (Å²) < 4.78 is 2.14. The molecule has 2 N–H and O–H groups in total. The fourth-order valence-electron chi connectivity index (χ4n) is 3.07. The second kappa shape index (κ2) is 9.46. The molecule has 0 bridgehead atoms. The number of nitrogens with zero attached hydrogens (tertiary/aromatic N) is 2. The highest BCUT2D eigenvalue weighted by atomic mass is 32.1.